The number of hydrogen-bond donors (Lipinski definition) is 8. The summed E-state index contributed by atoms with van der Waals surface area (Å²) in [6, 6.07) is 0. The largest absolute Gasteiger partial charge is 2.00 e. The van der Waals surface area contributed by atoms with Gasteiger partial charge in [-0.1, -0.05) is 0 Å². The van der Waals surface area contributed by atoms with Crippen LogP contribution in [0.2, 0.25) is 0 Å². The third-order valence-electron chi connectivity index (χ3n) is 4.60. The molecule has 2 fully saturated rings. The van der Waals surface area contributed by atoms with Crippen LogP contribution >= 0.6 is 0 Å². The number of rotatable bonds is 8. The minimum Gasteiger partial charge on any atom is -0.550 e. The Kier molecular flexibility index (Phi) is 13.4. The number of ether oxygens (including phenoxy) is 3. The number of aliphatic hydroxyl groups excluding tert-OH is 8. The summed E-state index contributed by atoms with van der Waals surface area (Å²) in [5.74, 6) is -4.95. The van der Waals surface area contributed by atoms with E-state index < -0.39 is 99.4 Å². The number of aliphatic hydroxyl groups is 8. The average Bonchev–Trinajstić information content (AvgIpc) is 2.98. The second-order valence-corrected chi connectivity index (χ2v) is 6.80. The van der Waals surface area contributed by atoms with Gasteiger partial charge in [0.2, 0.25) is 5.79 Å². The fourth-order valence-corrected chi connectivity index (χ4v) is 2.84. The summed E-state index contributed by atoms with van der Waals surface area (Å²) in [5, 5.41) is 95.7. The van der Waals surface area contributed by atoms with Crippen LogP contribution < -0.4 is 10.2 Å². The summed E-state index contributed by atoms with van der Waals surface area (Å²) in [6.45, 7) is -2.32. The number of carboxylic acids is 2. The van der Waals surface area contributed by atoms with Crippen molar-refractivity contribution in [2.75, 3.05) is 19.8 Å². The van der Waals surface area contributed by atoms with Crippen molar-refractivity contribution in [3.8, 4) is 0 Å². The summed E-state index contributed by atoms with van der Waals surface area (Å²) in [7, 11) is 0. The van der Waals surface area contributed by atoms with E-state index in [1.54, 1.807) is 0 Å². The van der Waals surface area contributed by atoms with Crippen molar-refractivity contribution in [2.45, 2.75) is 67.6 Å². The maximum atomic E-state index is 10.00. The van der Waals surface area contributed by atoms with Gasteiger partial charge in [0.25, 0.3) is 0 Å². The molecule has 0 saturated carbocycles. The molecule has 0 aromatic carbocycles. The maximum absolute atomic E-state index is 10.00. The molecule has 2 aliphatic heterocycles. The summed E-state index contributed by atoms with van der Waals surface area (Å²) < 4.78 is 15.4. The van der Waals surface area contributed by atoms with E-state index in [0.29, 0.717) is 0 Å². The molecule has 0 amide bonds. The smallest absolute Gasteiger partial charge is 0.550 e. The van der Waals surface area contributed by atoms with E-state index in [-0.39, 0.29) is 19.5 Å². The van der Waals surface area contributed by atoms with Gasteiger partial charge in [0, 0.05) is 11.9 Å². The van der Waals surface area contributed by atoms with Gasteiger partial charge in [-0.3, -0.25) is 0 Å². The zero-order valence-electron chi connectivity index (χ0n) is 16.8. The number of carbonyl (C=O) groups is 2. The molecule has 0 bridgehead atoms. The van der Waals surface area contributed by atoms with Crippen molar-refractivity contribution in [1.82, 2.24) is 0 Å². The Hall–Kier alpha value is -0.877. The standard InChI is InChI=1S/C12H22O11.C4H6O4.Zn/c13-1-4-6(16)8(18)9(19)11(21-4)23-12(3-15)10(20)7(17)5(2-14)22-12;5-3(6)1-2-4(7)8;/h4-11,13-20H,1-3H2;1-2H2,(H,5,6)(H,7,8);/q;;+2/p-2/t4-,5-,6-,7-,8+,9-,10+,11-,12+;;/m1../s1. The van der Waals surface area contributed by atoms with Gasteiger partial charge in [-0.15, -0.1) is 0 Å². The molecule has 15 nitrogen and oxygen atoms in total. The van der Waals surface area contributed by atoms with Crippen LogP contribution in [-0.2, 0) is 43.3 Å². The second-order valence-electron chi connectivity index (χ2n) is 6.80. The van der Waals surface area contributed by atoms with Crippen LogP contribution in [0.5, 0.6) is 0 Å². The summed E-state index contributed by atoms with van der Waals surface area (Å²) >= 11 is 0. The minimum atomic E-state index is -2.22. The Bertz CT molecular complexity index is 578. The predicted molar refractivity (Wildman–Crippen MR) is 87.9 cm³/mol. The van der Waals surface area contributed by atoms with Crippen LogP contribution in [0.15, 0.2) is 0 Å². The molecule has 2 aliphatic rings. The molecular formula is C16H26O15Zn. The van der Waals surface area contributed by atoms with E-state index in [0.717, 1.165) is 0 Å². The average molecular weight is 524 g/mol. The molecule has 2 saturated heterocycles. The first-order valence-electron chi connectivity index (χ1n) is 9.07. The van der Waals surface area contributed by atoms with Gasteiger partial charge in [0.05, 0.1) is 13.2 Å². The molecule has 2 heterocycles. The monoisotopic (exact) mass is 522 g/mol. The molecule has 0 aromatic rings. The third kappa shape index (κ3) is 7.58. The van der Waals surface area contributed by atoms with Crippen LogP contribution in [-0.4, -0.2) is 127 Å². The Balaban J connectivity index is 0.000000917. The molecule has 8 N–H and O–H groups in total. The van der Waals surface area contributed by atoms with Crippen molar-refractivity contribution < 1.29 is 94.3 Å². The Labute approximate surface area is 194 Å². The number of aliphatic carboxylic acids is 2. The number of hydrogen-bond acceptors (Lipinski definition) is 15. The summed E-state index contributed by atoms with van der Waals surface area (Å²) in [6.07, 6.45) is -13.6. The van der Waals surface area contributed by atoms with E-state index in [1.807, 2.05) is 0 Å². The van der Waals surface area contributed by atoms with Gasteiger partial charge >= 0.3 is 19.5 Å². The van der Waals surface area contributed by atoms with Gasteiger partial charge in [0.1, 0.15) is 49.3 Å². The molecule has 0 radical (unpaired) electrons. The van der Waals surface area contributed by atoms with E-state index in [2.05, 4.69) is 0 Å². The first-order chi connectivity index (χ1) is 14.4. The maximum Gasteiger partial charge on any atom is 2.00 e. The zero-order chi connectivity index (χ0) is 23.9. The molecule has 16 heteroatoms. The Morgan fingerprint density at radius 1 is 0.812 bits per heavy atom. The SMILES string of the molecule is O=C([O-])CCC(=O)[O-].OC[C@H]1O[C@@](CO)(O[C@H]2O[C@H](CO)[C@@H](O)[C@H](O)[C@H]2O)[C@@H](O)[C@@H]1O.[Zn+2]. The van der Waals surface area contributed by atoms with Crippen molar-refractivity contribution in [1.29, 1.82) is 0 Å². The normalized spacial score (nSPS) is 38.9. The molecule has 0 spiro atoms. The van der Waals surface area contributed by atoms with Crippen molar-refractivity contribution >= 4 is 11.9 Å². The summed E-state index contributed by atoms with van der Waals surface area (Å²) in [5.41, 5.74) is 0. The first-order valence-corrected chi connectivity index (χ1v) is 9.07. The topological polar surface area (TPSA) is 270 Å². The molecule has 9 atom stereocenters. The van der Waals surface area contributed by atoms with Crippen molar-refractivity contribution in [2.24, 2.45) is 0 Å². The third-order valence-corrected chi connectivity index (χ3v) is 4.60. The van der Waals surface area contributed by atoms with E-state index in [4.69, 9.17) is 24.4 Å². The van der Waals surface area contributed by atoms with Gasteiger partial charge in [-0.05, 0) is 12.8 Å². The quantitative estimate of drug-likeness (QED) is 0.137. The molecule has 32 heavy (non-hydrogen) atoms. The van der Waals surface area contributed by atoms with Gasteiger partial charge in [-0.2, -0.15) is 0 Å². The van der Waals surface area contributed by atoms with Gasteiger partial charge < -0.3 is 74.9 Å². The second kappa shape index (κ2) is 13.7. The Morgan fingerprint density at radius 3 is 1.69 bits per heavy atom. The van der Waals surface area contributed by atoms with Crippen molar-refractivity contribution in [3.05, 3.63) is 0 Å². The first kappa shape index (κ1) is 31.1. The predicted octanol–water partition coefficient (Wildman–Crippen LogP) is -8.13. The molecule has 0 unspecified atom stereocenters. The van der Waals surface area contributed by atoms with E-state index in [9.17, 15) is 50.4 Å². The Morgan fingerprint density at radius 2 is 1.31 bits per heavy atom. The molecular weight excluding hydrogens is 498 g/mol. The van der Waals surface area contributed by atoms with Crippen molar-refractivity contribution in [3.63, 3.8) is 0 Å². The zero-order valence-corrected chi connectivity index (χ0v) is 19.8. The molecule has 182 valence electrons. The number of carboxylic acid groups (broad SMARTS) is 2. The molecule has 0 aliphatic carbocycles. The van der Waals surface area contributed by atoms with Gasteiger partial charge in [-0.25, -0.2) is 0 Å². The van der Waals surface area contributed by atoms with Crippen LogP contribution in [0, 0.1) is 0 Å². The van der Waals surface area contributed by atoms with E-state index in [1.165, 1.54) is 0 Å². The molecule has 2 rings (SSSR count). The van der Waals surface area contributed by atoms with Crippen LogP contribution in [0.1, 0.15) is 12.8 Å². The van der Waals surface area contributed by atoms with Crippen LogP contribution in [0.4, 0.5) is 0 Å². The van der Waals surface area contributed by atoms with Gasteiger partial charge in [0.15, 0.2) is 6.29 Å². The summed E-state index contributed by atoms with van der Waals surface area (Å²) in [4.78, 5) is 19.0. The fourth-order valence-electron chi connectivity index (χ4n) is 2.84. The van der Waals surface area contributed by atoms with E-state index >= 15 is 0 Å². The fraction of sp³-hybridized carbons (Fsp3) is 0.875. The van der Waals surface area contributed by atoms with Crippen LogP contribution in [0.3, 0.4) is 0 Å². The van der Waals surface area contributed by atoms with Crippen LogP contribution in [0.25, 0.3) is 0 Å². The molecule has 0 aromatic heterocycles. The minimum absolute atomic E-state index is 0. The number of carbonyl (C=O) groups excluding carboxylic acids is 2.